The minimum absolute atomic E-state index is 0.00242. The van der Waals surface area contributed by atoms with Crippen molar-refractivity contribution in [3.63, 3.8) is 0 Å². The van der Waals surface area contributed by atoms with Crippen molar-refractivity contribution >= 4 is 33.0 Å². The van der Waals surface area contributed by atoms with E-state index in [2.05, 4.69) is 5.32 Å². The van der Waals surface area contributed by atoms with E-state index in [0.29, 0.717) is 12.8 Å². The van der Waals surface area contributed by atoms with Gasteiger partial charge in [-0.2, -0.15) is 11.3 Å². The molecule has 2 heterocycles. The number of nitrogens with zero attached hydrogens (tertiary/aromatic N) is 1. The van der Waals surface area contributed by atoms with E-state index in [1.54, 1.807) is 18.3 Å². The number of aryl methyl sites for hydroxylation is 1. The highest BCUT2D eigenvalue weighted by molar-refractivity contribution is 7.91. The van der Waals surface area contributed by atoms with E-state index in [0.717, 1.165) is 5.56 Å². The Bertz CT molecular complexity index is 611. The summed E-state index contributed by atoms with van der Waals surface area (Å²) in [6.45, 7) is 2.04. The van der Waals surface area contributed by atoms with Crippen LogP contribution in [0, 0.1) is 0 Å². The maximum Gasteiger partial charge on any atom is 0.244 e. The molecular weight excluding hydrogens is 324 g/mol. The predicted molar refractivity (Wildman–Crippen MR) is 85.5 cm³/mol. The number of carbonyl (C=O) groups excluding carboxylic acids is 2. The van der Waals surface area contributed by atoms with E-state index in [-0.39, 0.29) is 36.4 Å². The monoisotopic (exact) mass is 344 g/mol. The third-order valence-corrected chi connectivity index (χ3v) is 5.97. The molecule has 0 saturated carbocycles. The second-order valence-electron chi connectivity index (χ2n) is 5.40. The van der Waals surface area contributed by atoms with Crippen LogP contribution in [0.4, 0.5) is 0 Å². The Hall–Kier alpha value is -1.41. The molecule has 1 N–H and O–H groups in total. The number of carbonyl (C=O) groups is 2. The van der Waals surface area contributed by atoms with Gasteiger partial charge in [-0.3, -0.25) is 9.59 Å². The molecule has 1 aromatic heterocycles. The van der Waals surface area contributed by atoms with Crippen LogP contribution < -0.4 is 5.32 Å². The lowest BCUT2D eigenvalue weighted by molar-refractivity contribution is -0.135. The van der Waals surface area contributed by atoms with E-state index in [4.69, 9.17) is 0 Å². The molecule has 0 bridgehead atoms. The molecule has 1 aliphatic rings. The number of hydrogen-bond acceptors (Lipinski definition) is 5. The Labute approximate surface area is 134 Å². The minimum atomic E-state index is -3.01. The van der Waals surface area contributed by atoms with E-state index < -0.39 is 15.9 Å². The molecule has 0 aliphatic carbocycles. The Balaban J connectivity index is 1.77. The zero-order valence-corrected chi connectivity index (χ0v) is 14.1. The summed E-state index contributed by atoms with van der Waals surface area (Å²) in [5, 5.41) is 6.64. The van der Waals surface area contributed by atoms with E-state index in [1.807, 2.05) is 16.8 Å². The molecule has 1 unspecified atom stereocenters. The number of hydrogen-bond donors (Lipinski definition) is 1. The predicted octanol–water partition coefficient (Wildman–Crippen LogP) is 0.442. The lowest BCUT2D eigenvalue weighted by Crippen LogP contribution is -2.51. The fourth-order valence-corrected chi connectivity index (χ4v) is 4.18. The van der Waals surface area contributed by atoms with Crippen LogP contribution in [0.25, 0.3) is 0 Å². The molecule has 2 amide bonds. The van der Waals surface area contributed by atoms with Crippen molar-refractivity contribution in [1.29, 1.82) is 0 Å². The van der Waals surface area contributed by atoms with Gasteiger partial charge in [-0.15, -0.1) is 0 Å². The van der Waals surface area contributed by atoms with Crippen molar-refractivity contribution in [3.05, 3.63) is 22.4 Å². The van der Waals surface area contributed by atoms with Crippen LogP contribution >= 0.6 is 11.3 Å². The molecule has 122 valence electrons. The molecule has 1 atom stereocenters. The number of thiophene rings is 1. The van der Waals surface area contributed by atoms with Gasteiger partial charge < -0.3 is 10.2 Å². The van der Waals surface area contributed by atoms with E-state index >= 15 is 0 Å². The molecule has 0 aromatic carbocycles. The Morgan fingerprint density at radius 2 is 2.05 bits per heavy atom. The highest BCUT2D eigenvalue weighted by Crippen LogP contribution is 2.09. The number of sulfone groups is 1. The summed E-state index contributed by atoms with van der Waals surface area (Å²) in [5.74, 6) is -0.398. The fraction of sp³-hybridized carbons (Fsp3) is 0.571. The third-order valence-electron chi connectivity index (χ3n) is 3.62. The maximum absolute atomic E-state index is 12.2. The largest absolute Gasteiger partial charge is 0.345 e. The lowest BCUT2D eigenvalue weighted by atomic mass is 10.2. The quantitative estimate of drug-likeness (QED) is 0.840. The molecule has 22 heavy (non-hydrogen) atoms. The molecular formula is C14H20N2O4S2. The van der Waals surface area contributed by atoms with Crippen LogP contribution in [0.5, 0.6) is 0 Å². The van der Waals surface area contributed by atoms with Gasteiger partial charge in [-0.1, -0.05) is 0 Å². The first-order valence-electron chi connectivity index (χ1n) is 7.17. The molecule has 0 spiro atoms. The summed E-state index contributed by atoms with van der Waals surface area (Å²) in [4.78, 5) is 25.6. The van der Waals surface area contributed by atoms with Crippen molar-refractivity contribution in [3.8, 4) is 0 Å². The molecule has 6 nitrogen and oxygen atoms in total. The van der Waals surface area contributed by atoms with Crippen LogP contribution in [0.3, 0.4) is 0 Å². The van der Waals surface area contributed by atoms with Gasteiger partial charge in [-0.05, 0) is 35.7 Å². The summed E-state index contributed by atoms with van der Waals surface area (Å²) in [5.41, 5.74) is 1.11. The zero-order chi connectivity index (χ0) is 16.2. The first-order chi connectivity index (χ1) is 10.4. The SMILES string of the molecule is CC(NC(=O)CCc1ccsc1)C(=O)N1CCS(=O)(=O)CC1. The van der Waals surface area contributed by atoms with Crippen LogP contribution in [-0.4, -0.2) is 55.8 Å². The van der Waals surface area contributed by atoms with E-state index in [9.17, 15) is 18.0 Å². The summed E-state index contributed by atoms with van der Waals surface area (Å²) in [6.07, 6.45) is 0.987. The van der Waals surface area contributed by atoms with E-state index in [1.165, 1.54) is 4.90 Å². The zero-order valence-electron chi connectivity index (χ0n) is 12.4. The van der Waals surface area contributed by atoms with Gasteiger partial charge in [0, 0.05) is 19.5 Å². The second kappa shape index (κ2) is 7.23. The van der Waals surface area contributed by atoms with Crippen molar-refractivity contribution < 1.29 is 18.0 Å². The van der Waals surface area contributed by atoms with Crippen molar-refractivity contribution in [2.24, 2.45) is 0 Å². The topological polar surface area (TPSA) is 83.6 Å². The minimum Gasteiger partial charge on any atom is -0.345 e. The number of amides is 2. The normalized spacial score (nSPS) is 18.7. The average Bonchev–Trinajstić information content (AvgIpc) is 2.97. The molecule has 1 fully saturated rings. The van der Waals surface area contributed by atoms with Gasteiger partial charge in [-0.25, -0.2) is 8.42 Å². The second-order valence-corrected chi connectivity index (χ2v) is 8.48. The third kappa shape index (κ3) is 4.81. The summed E-state index contributed by atoms with van der Waals surface area (Å²) < 4.78 is 22.7. The fourth-order valence-electron chi connectivity index (χ4n) is 2.27. The standard InChI is InChI=1S/C14H20N2O4S2/c1-11(14(18)16-5-8-22(19,20)9-6-16)15-13(17)3-2-12-4-7-21-10-12/h4,7,10-11H,2-3,5-6,8-9H2,1H3,(H,15,17). The van der Waals surface area contributed by atoms with Crippen LogP contribution in [0.1, 0.15) is 18.9 Å². The summed E-state index contributed by atoms with van der Waals surface area (Å²) in [6, 6.07) is 1.34. The number of rotatable bonds is 5. The molecule has 2 rings (SSSR count). The van der Waals surface area contributed by atoms with Gasteiger partial charge in [0.05, 0.1) is 11.5 Å². The molecule has 8 heteroatoms. The Kier molecular flexibility index (Phi) is 5.57. The molecule has 1 aromatic rings. The Morgan fingerprint density at radius 1 is 1.36 bits per heavy atom. The van der Waals surface area contributed by atoms with Crippen molar-refractivity contribution in [2.75, 3.05) is 24.6 Å². The molecule has 1 aliphatic heterocycles. The highest BCUT2D eigenvalue weighted by Gasteiger charge is 2.28. The van der Waals surface area contributed by atoms with Gasteiger partial charge in [0.15, 0.2) is 9.84 Å². The van der Waals surface area contributed by atoms with Crippen LogP contribution in [0.2, 0.25) is 0 Å². The smallest absolute Gasteiger partial charge is 0.244 e. The lowest BCUT2D eigenvalue weighted by Gasteiger charge is -2.29. The van der Waals surface area contributed by atoms with Gasteiger partial charge in [0.2, 0.25) is 11.8 Å². The van der Waals surface area contributed by atoms with Crippen molar-refractivity contribution in [1.82, 2.24) is 10.2 Å². The van der Waals surface area contributed by atoms with Gasteiger partial charge in [0.25, 0.3) is 0 Å². The first kappa shape index (κ1) is 17.0. The van der Waals surface area contributed by atoms with Crippen LogP contribution in [-0.2, 0) is 25.8 Å². The number of nitrogens with one attached hydrogen (secondary N) is 1. The summed E-state index contributed by atoms with van der Waals surface area (Å²) >= 11 is 1.59. The average molecular weight is 344 g/mol. The molecule has 0 radical (unpaired) electrons. The Morgan fingerprint density at radius 3 is 2.64 bits per heavy atom. The molecule has 1 saturated heterocycles. The highest BCUT2D eigenvalue weighted by atomic mass is 32.2. The van der Waals surface area contributed by atoms with Crippen LogP contribution in [0.15, 0.2) is 16.8 Å². The first-order valence-corrected chi connectivity index (χ1v) is 9.93. The maximum atomic E-state index is 12.2. The van der Waals surface area contributed by atoms with Crippen molar-refractivity contribution in [2.45, 2.75) is 25.8 Å². The van der Waals surface area contributed by atoms with Gasteiger partial charge >= 0.3 is 0 Å². The van der Waals surface area contributed by atoms with Gasteiger partial charge in [0.1, 0.15) is 6.04 Å². The summed E-state index contributed by atoms with van der Waals surface area (Å²) in [7, 11) is -3.01.